The Balaban J connectivity index is 2.26. The van der Waals surface area contributed by atoms with Gasteiger partial charge in [-0.15, -0.1) is 0 Å². The summed E-state index contributed by atoms with van der Waals surface area (Å²) in [5, 5.41) is 1.08. The maximum absolute atomic E-state index is 3.53. The fourth-order valence-corrected chi connectivity index (χ4v) is 4.54. The van der Waals surface area contributed by atoms with Gasteiger partial charge >= 0.3 is 0 Å². The molecule has 0 nitrogen and oxygen atoms in total. The van der Waals surface area contributed by atoms with E-state index in [1.54, 1.807) is 0 Å². The van der Waals surface area contributed by atoms with E-state index in [0.717, 1.165) is 5.33 Å². The van der Waals surface area contributed by atoms with Crippen molar-refractivity contribution < 1.29 is 0 Å². The summed E-state index contributed by atoms with van der Waals surface area (Å²) in [6.07, 6.45) is 1.22. The van der Waals surface area contributed by atoms with Crippen molar-refractivity contribution >= 4 is 26.8 Å². The van der Waals surface area contributed by atoms with Gasteiger partial charge in [-0.3, -0.25) is 0 Å². The van der Waals surface area contributed by atoms with Crippen LogP contribution in [-0.2, 0) is 10.9 Å². The maximum Gasteiger partial charge on any atom is 0.160 e. The highest BCUT2D eigenvalue weighted by molar-refractivity contribution is 9.09. The van der Waals surface area contributed by atoms with E-state index in [0.29, 0.717) is 0 Å². The molecule has 2 aromatic rings. The summed E-state index contributed by atoms with van der Waals surface area (Å²) in [4.78, 5) is 2.89. The lowest BCUT2D eigenvalue weighted by Gasteiger charge is -2.07. The van der Waals surface area contributed by atoms with Crippen molar-refractivity contribution in [2.45, 2.75) is 16.2 Å². The number of benzene rings is 2. The third kappa shape index (κ3) is 3.62. The molecule has 0 fully saturated rings. The summed E-state index contributed by atoms with van der Waals surface area (Å²) in [6, 6.07) is 21.7. The van der Waals surface area contributed by atoms with Gasteiger partial charge in [0, 0.05) is 11.8 Å². The molecule has 0 N–H and O–H groups in total. The second-order valence-corrected chi connectivity index (χ2v) is 6.69. The molecule has 2 aromatic carbocycles. The van der Waals surface area contributed by atoms with Crippen LogP contribution in [0.25, 0.3) is 0 Å². The van der Waals surface area contributed by atoms with Crippen molar-refractivity contribution in [2.75, 3.05) is 11.1 Å². The molecule has 0 saturated carbocycles. The Hall–Kier alpha value is -0.730. The van der Waals surface area contributed by atoms with E-state index < -0.39 is 0 Å². The normalized spacial score (nSPS) is 10.7. The van der Waals surface area contributed by atoms with E-state index in [4.69, 9.17) is 0 Å². The van der Waals surface area contributed by atoms with Crippen LogP contribution in [0.2, 0.25) is 0 Å². The van der Waals surface area contributed by atoms with Gasteiger partial charge in [0.25, 0.3) is 0 Å². The fourth-order valence-electron chi connectivity index (χ4n) is 1.74. The van der Waals surface area contributed by atoms with Gasteiger partial charge in [-0.1, -0.05) is 52.3 Å². The van der Waals surface area contributed by atoms with E-state index in [1.165, 1.54) is 22.0 Å². The molecule has 2 heteroatoms. The number of halogens is 1. The van der Waals surface area contributed by atoms with Crippen LogP contribution in [-0.4, -0.2) is 11.1 Å². The van der Waals surface area contributed by atoms with Crippen LogP contribution in [0, 0.1) is 0 Å². The van der Waals surface area contributed by atoms with Gasteiger partial charge in [0.1, 0.15) is 5.75 Å². The Morgan fingerprint density at radius 2 is 1.24 bits per heavy atom. The van der Waals surface area contributed by atoms with Crippen LogP contribution in [0.4, 0.5) is 0 Å². The van der Waals surface area contributed by atoms with E-state index in [2.05, 4.69) is 76.6 Å². The van der Waals surface area contributed by atoms with Gasteiger partial charge in [-0.05, 0) is 24.3 Å². The topological polar surface area (TPSA) is 0 Å². The second kappa shape index (κ2) is 6.87. The minimum absolute atomic E-state index is 0.219. The molecule has 0 atom stereocenters. The first-order valence-electron chi connectivity index (χ1n) is 5.79. The van der Waals surface area contributed by atoms with E-state index in [9.17, 15) is 0 Å². The molecule has 0 amide bonds. The molecular formula is C15H16BrS+. The lowest BCUT2D eigenvalue weighted by molar-refractivity contribution is 1.12. The van der Waals surface area contributed by atoms with Crippen molar-refractivity contribution in [1.82, 2.24) is 0 Å². The molecule has 0 spiro atoms. The monoisotopic (exact) mass is 307 g/mol. The highest BCUT2D eigenvalue weighted by Crippen LogP contribution is 2.24. The van der Waals surface area contributed by atoms with Crippen LogP contribution in [0.1, 0.15) is 6.42 Å². The molecule has 0 saturated heterocycles. The predicted octanol–water partition coefficient (Wildman–Crippen LogP) is 4.51. The first kappa shape index (κ1) is 12.7. The average Bonchev–Trinajstić information content (AvgIpc) is 2.42. The Labute approximate surface area is 115 Å². The van der Waals surface area contributed by atoms with Gasteiger partial charge in [0.05, 0.1) is 10.9 Å². The van der Waals surface area contributed by atoms with Gasteiger partial charge in [-0.25, -0.2) is 0 Å². The number of alkyl halides is 1. The highest BCUT2D eigenvalue weighted by Gasteiger charge is 2.23. The summed E-state index contributed by atoms with van der Waals surface area (Å²) in [5.41, 5.74) is 0. The lowest BCUT2D eigenvalue weighted by atomic mass is 10.4. The maximum atomic E-state index is 3.53. The minimum Gasteiger partial charge on any atom is -0.0926 e. The molecule has 17 heavy (non-hydrogen) atoms. The van der Waals surface area contributed by atoms with Crippen LogP contribution in [0.15, 0.2) is 70.5 Å². The van der Waals surface area contributed by atoms with Crippen molar-refractivity contribution in [3.63, 3.8) is 0 Å². The fraction of sp³-hybridized carbons (Fsp3) is 0.200. The summed E-state index contributed by atoms with van der Waals surface area (Å²) in [7, 11) is 0.219. The molecule has 2 rings (SSSR count). The molecule has 0 heterocycles. The summed E-state index contributed by atoms with van der Waals surface area (Å²) < 4.78 is 0. The molecule has 88 valence electrons. The third-order valence-electron chi connectivity index (χ3n) is 2.54. The van der Waals surface area contributed by atoms with E-state index >= 15 is 0 Å². The third-order valence-corrected chi connectivity index (χ3v) is 5.48. The van der Waals surface area contributed by atoms with Crippen LogP contribution < -0.4 is 0 Å². The summed E-state index contributed by atoms with van der Waals surface area (Å²) >= 11 is 3.53. The second-order valence-electron chi connectivity index (χ2n) is 3.76. The molecule has 0 radical (unpaired) electrons. The van der Waals surface area contributed by atoms with Crippen LogP contribution in [0.5, 0.6) is 0 Å². The van der Waals surface area contributed by atoms with Crippen LogP contribution in [0.3, 0.4) is 0 Å². The zero-order valence-electron chi connectivity index (χ0n) is 9.68. The first-order chi connectivity index (χ1) is 8.42. The molecule has 0 unspecified atom stereocenters. The Morgan fingerprint density at radius 1 is 0.765 bits per heavy atom. The van der Waals surface area contributed by atoms with Gasteiger partial charge in [0.2, 0.25) is 0 Å². The standard InChI is InChI=1S/C15H16BrS/c16-12-7-13-17(14-8-3-1-4-9-14)15-10-5-2-6-11-15/h1-6,8-11H,7,12-13H2/q+1. The molecule has 0 aromatic heterocycles. The zero-order valence-corrected chi connectivity index (χ0v) is 12.1. The van der Waals surface area contributed by atoms with Crippen molar-refractivity contribution in [1.29, 1.82) is 0 Å². The van der Waals surface area contributed by atoms with Crippen LogP contribution >= 0.6 is 15.9 Å². The van der Waals surface area contributed by atoms with Crippen molar-refractivity contribution in [3.05, 3.63) is 60.7 Å². The Kier molecular flexibility index (Phi) is 5.14. The summed E-state index contributed by atoms with van der Waals surface area (Å²) in [6.45, 7) is 0. The molecule has 0 aliphatic heterocycles. The van der Waals surface area contributed by atoms with Crippen molar-refractivity contribution in [2.24, 2.45) is 0 Å². The van der Waals surface area contributed by atoms with Gasteiger partial charge in [0.15, 0.2) is 9.79 Å². The first-order valence-corrected chi connectivity index (χ1v) is 8.30. The molecular weight excluding hydrogens is 292 g/mol. The Morgan fingerprint density at radius 3 is 1.65 bits per heavy atom. The van der Waals surface area contributed by atoms with E-state index in [-0.39, 0.29) is 10.9 Å². The molecule has 0 aliphatic carbocycles. The average molecular weight is 308 g/mol. The number of hydrogen-bond donors (Lipinski definition) is 0. The smallest absolute Gasteiger partial charge is 0.0926 e. The predicted molar refractivity (Wildman–Crippen MR) is 80.1 cm³/mol. The highest BCUT2D eigenvalue weighted by atomic mass is 79.9. The van der Waals surface area contributed by atoms with Crippen molar-refractivity contribution in [3.8, 4) is 0 Å². The van der Waals surface area contributed by atoms with Gasteiger partial charge in [-0.2, -0.15) is 0 Å². The number of rotatable bonds is 5. The zero-order chi connectivity index (χ0) is 11.9. The molecule has 0 aliphatic rings. The van der Waals surface area contributed by atoms with E-state index in [1.807, 2.05) is 0 Å². The summed E-state index contributed by atoms with van der Waals surface area (Å²) in [5.74, 6) is 1.22. The lowest BCUT2D eigenvalue weighted by Crippen LogP contribution is -2.09. The SMILES string of the molecule is BrCCC[S+](c1ccccc1)c1ccccc1. The van der Waals surface area contributed by atoms with Gasteiger partial charge < -0.3 is 0 Å². The molecule has 0 bridgehead atoms. The quantitative estimate of drug-likeness (QED) is 0.563. The largest absolute Gasteiger partial charge is 0.160 e. The Bertz CT molecular complexity index is 388. The minimum atomic E-state index is 0.219. The number of hydrogen-bond acceptors (Lipinski definition) is 0.